The molecule has 1 aromatic carbocycles. The molecule has 8 heteroatoms. The molecule has 0 bridgehead atoms. The number of alkyl carbamates (subject to hydrolysis) is 1. The van der Waals surface area contributed by atoms with Gasteiger partial charge >= 0.3 is 6.09 Å². The third-order valence-electron chi connectivity index (χ3n) is 4.36. The summed E-state index contributed by atoms with van der Waals surface area (Å²) < 4.78 is 16.0. The number of amides is 2. The van der Waals surface area contributed by atoms with Crippen molar-refractivity contribution in [3.05, 3.63) is 30.3 Å². The molecule has 0 saturated carbocycles. The lowest BCUT2D eigenvalue weighted by atomic mass is 10.0. The Labute approximate surface area is 179 Å². The van der Waals surface area contributed by atoms with Gasteiger partial charge in [0.05, 0.1) is 6.04 Å². The Morgan fingerprint density at radius 2 is 1.73 bits per heavy atom. The van der Waals surface area contributed by atoms with Crippen LogP contribution in [0.1, 0.15) is 47.5 Å². The number of hydrogen-bond donors (Lipinski definition) is 3. The van der Waals surface area contributed by atoms with Crippen LogP contribution in [0, 0.1) is 0 Å². The second kappa shape index (κ2) is 11.8. The van der Waals surface area contributed by atoms with E-state index in [1.165, 1.54) is 7.11 Å². The molecule has 3 N–H and O–H groups in total. The summed E-state index contributed by atoms with van der Waals surface area (Å²) in [6.07, 6.45) is -0.486. The number of benzene rings is 1. The van der Waals surface area contributed by atoms with Gasteiger partial charge in [0.25, 0.3) is 5.91 Å². The van der Waals surface area contributed by atoms with Crippen LogP contribution in [0.5, 0.6) is 5.75 Å². The Morgan fingerprint density at radius 1 is 1.10 bits per heavy atom. The zero-order valence-corrected chi connectivity index (χ0v) is 18.9. The average molecular weight is 425 g/mol. The quantitative estimate of drug-likeness (QED) is 0.472. The molecule has 8 nitrogen and oxygen atoms in total. The van der Waals surface area contributed by atoms with Gasteiger partial charge in [-0.25, -0.2) is 4.79 Å². The lowest BCUT2D eigenvalue weighted by Gasteiger charge is -2.29. The summed E-state index contributed by atoms with van der Waals surface area (Å²) in [5.41, 5.74) is -1.61. The summed E-state index contributed by atoms with van der Waals surface area (Å²) >= 11 is 0. The molecule has 0 aromatic heterocycles. The molecule has 2 amide bonds. The second-order valence-electron chi connectivity index (χ2n) is 8.56. The minimum absolute atomic E-state index is 0.0157. The van der Waals surface area contributed by atoms with Gasteiger partial charge in [-0.05, 0) is 59.6 Å². The number of aliphatic hydroxyl groups is 1. The molecule has 0 aliphatic rings. The third-order valence-corrected chi connectivity index (χ3v) is 4.36. The van der Waals surface area contributed by atoms with Crippen molar-refractivity contribution in [3.8, 4) is 5.75 Å². The van der Waals surface area contributed by atoms with Gasteiger partial charge in [0.15, 0.2) is 0 Å². The van der Waals surface area contributed by atoms with E-state index in [2.05, 4.69) is 10.6 Å². The van der Waals surface area contributed by atoms with E-state index in [-0.39, 0.29) is 12.5 Å². The first-order chi connectivity index (χ1) is 13.9. The van der Waals surface area contributed by atoms with Crippen molar-refractivity contribution in [2.24, 2.45) is 0 Å². The Kier molecular flexibility index (Phi) is 10.1. The van der Waals surface area contributed by atoms with Crippen molar-refractivity contribution in [1.29, 1.82) is 0 Å². The van der Waals surface area contributed by atoms with Crippen LogP contribution < -0.4 is 15.4 Å². The molecule has 1 aromatic rings. The van der Waals surface area contributed by atoms with E-state index >= 15 is 0 Å². The maximum absolute atomic E-state index is 12.5. The highest BCUT2D eigenvalue weighted by atomic mass is 16.6. The van der Waals surface area contributed by atoms with Gasteiger partial charge in [-0.1, -0.05) is 18.2 Å². The van der Waals surface area contributed by atoms with Crippen LogP contribution in [0.3, 0.4) is 0 Å². The van der Waals surface area contributed by atoms with E-state index in [4.69, 9.17) is 14.2 Å². The zero-order valence-electron chi connectivity index (χ0n) is 18.9. The van der Waals surface area contributed by atoms with Gasteiger partial charge in [0, 0.05) is 13.7 Å². The normalized spacial score (nSPS) is 13.8. The van der Waals surface area contributed by atoms with Crippen molar-refractivity contribution < 1.29 is 28.9 Å². The van der Waals surface area contributed by atoms with Crippen molar-refractivity contribution in [1.82, 2.24) is 10.6 Å². The summed E-state index contributed by atoms with van der Waals surface area (Å²) in [6.45, 7) is 9.03. The number of carbonyl (C=O) groups is 2. The molecule has 0 aliphatic carbocycles. The molecular weight excluding hydrogens is 388 g/mol. The summed E-state index contributed by atoms with van der Waals surface area (Å²) in [5.74, 6) is 0.291. The molecule has 30 heavy (non-hydrogen) atoms. The highest BCUT2D eigenvalue weighted by Crippen LogP contribution is 2.13. The summed E-state index contributed by atoms with van der Waals surface area (Å²) in [6, 6.07) is 8.56. The molecule has 0 saturated heterocycles. The third kappa shape index (κ3) is 9.93. The molecule has 1 rings (SSSR count). The van der Waals surface area contributed by atoms with E-state index in [9.17, 15) is 14.7 Å². The van der Waals surface area contributed by atoms with E-state index in [1.807, 2.05) is 18.2 Å². The smallest absolute Gasteiger partial charge is 0.407 e. The standard InChI is InChI=1S/C22H36N2O6/c1-21(2,3)30-20(27)23-14-10-13-17(24-19(26)22(4,5)28-6)18(25)15-29-16-11-8-7-9-12-16/h7-9,11-12,17-18,25H,10,13-15H2,1-6H3,(H,23,27)(H,24,26). The van der Waals surface area contributed by atoms with Crippen LogP contribution in [-0.4, -0.2) is 60.7 Å². The van der Waals surface area contributed by atoms with Crippen LogP contribution in [0.15, 0.2) is 30.3 Å². The number of rotatable bonds is 11. The number of hydrogen-bond acceptors (Lipinski definition) is 6. The molecular formula is C22H36N2O6. The van der Waals surface area contributed by atoms with Crippen molar-refractivity contribution in [2.75, 3.05) is 20.3 Å². The maximum Gasteiger partial charge on any atom is 0.407 e. The predicted octanol–water partition coefficient (Wildman–Crippen LogP) is 2.64. The van der Waals surface area contributed by atoms with Crippen LogP contribution in [0.2, 0.25) is 0 Å². The first-order valence-corrected chi connectivity index (χ1v) is 10.1. The summed E-state index contributed by atoms with van der Waals surface area (Å²) in [5, 5.41) is 16.1. The maximum atomic E-state index is 12.5. The van der Waals surface area contributed by atoms with Crippen molar-refractivity contribution in [3.63, 3.8) is 0 Å². The van der Waals surface area contributed by atoms with Gasteiger partial charge < -0.3 is 30.0 Å². The number of aliphatic hydroxyl groups excluding tert-OH is 1. The number of carbonyl (C=O) groups excluding carboxylic acids is 2. The zero-order chi connectivity index (χ0) is 22.8. The van der Waals surface area contributed by atoms with Gasteiger partial charge in [0.2, 0.25) is 0 Å². The first kappa shape index (κ1) is 25.7. The summed E-state index contributed by atoms with van der Waals surface area (Å²) in [4.78, 5) is 24.3. The van der Waals surface area contributed by atoms with Crippen molar-refractivity contribution >= 4 is 12.0 Å². The molecule has 2 atom stereocenters. The van der Waals surface area contributed by atoms with Gasteiger partial charge in [0.1, 0.15) is 29.7 Å². The Morgan fingerprint density at radius 3 is 2.30 bits per heavy atom. The van der Waals surface area contributed by atoms with E-state index < -0.39 is 29.4 Å². The molecule has 0 radical (unpaired) electrons. The fraction of sp³-hybridized carbons (Fsp3) is 0.636. The highest BCUT2D eigenvalue weighted by molar-refractivity contribution is 5.84. The largest absolute Gasteiger partial charge is 0.491 e. The monoisotopic (exact) mass is 424 g/mol. The number of nitrogens with one attached hydrogen (secondary N) is 2. The fourth-order valence-electron chi connectivity index (χ4n) is 2.44. The topological polar surface area (TPSA) is 106 Å². The highest BCUT2D eigenvalue weighted by Gasteiger charge is 2.31. The Hall–Kier alpha value is -2.32. The first-order valence-electron chi connectivity index (χ1n) is 10.1. The molecule has 0 aliphatic heterocycles. The van der Waals surface area contributed by atoms with Crippen molar-refractivity contribution in [2.45, 2.75) is 70.8 Å². The van der Waals surface area contributed by atoms with Crippen LogP contribution in [-0.2, 0) is 14.3 Å². The predicted molar refractivity (Wildman–Crippen MR) is 114 cm³/mol. The number of ether oxygens (including phenoxy) is 3. The van der Waals surface area contributed by atoms with Crippen LogP contribution in [0.25, 0.3) is 0 Å². The van der Waals surface area contributed by atoms with Crippen LogP contribution in [0.4, 0.5) is 4.79 Å². The van der Waals surface area contributed by atoms with E-state index in [0.717, 1.165) is 0 Å². The van der Waals surface area contributed by atoms with Gasteiger partial charge in [-0.3, -0.25) is 4.79 Å². The summed E-state index contributed by atoms with van der Waals surface area (Å²) in [7, 11) is 1.45. The second-order valence-corrected chi connectivity index (χ2v) is 8.56. The minimum atomic E-state index is -1.03. The molecule has 0 fully saturated rings. The molecule has 170 valence electrons. The lowest BCUT2D eigenvalue weighted by molar-refractivity contribution is -0.141. The molecule has 0 heterocycles. The fourth-order valence-corrected chi connectivity index (χ4v) is 2.44. The van der Waals surface area contributed by atoms with E-state index in [1.54, 1.807) is 46.8 Å². The van der Waals surface area contributed by atoms with Crippen LogP contribution >= 0.6 is 0 Å². The lowest BCUT2D eigenvalue weighted by Crippen LogP contribution is -2.53. The Bertz CT molecular complexity index is 657. The Balaban J connectivity index is 2.63. The number of methoxy groups -OCH3 is 1. The average Bonchev–Trinajstić information content (AvgIpc) is 2.67. The van der Waals surface area contributed by atoms with E-state index in [0.29, 0.717) is 25.1 Å². The minimum Gasteiger partial charge on any atom is -0.491 e. The van der Waals surface area contributed by atoms with Gasteiger partial charge in [-0.2, -0.15) is 0 Å². The van der Waals surface area contributed by atoms with Gasteiger partial charge in [-0.15, -0.1) is 0 Å². The molecule has 0 spiro atoms. The molecule has 2 unspecified atom stereocenters. The SMILES string of the molecule is COC(C)(C)C(=O)NC(CCCNC(=O)OC(C)(C)C)C(O)COc1ccccc1. The number of para-hydroxylation sites is 1.